The number of rotatable bonds is 13. The maximum Gasteiger partial charge on any atom is 0.232 e. The van der Waals surface area contributed by atoms with Gasteiger partial charge in [-0.05, 0) is 49.4 Å². The zero-order chi connectivity index (χ0) is 21.9. The Kier molecular flexibility index (Phi) is 8.84. The molecular weight excluding hydrogens is 384 g/mol. The van der Waals surface area contributed by atoms with E-state index in [0.29, 0.717) is 6.42 Å². The van der Waals surface area contributed by atoms with Gasteiger partial charge < -0.3 is 15.4 Å². The van der Waals surface area contributed by atoms with Gasteiger partial charge >= 0.3 is 0 Å². The van der Waals surface area contributed by atoms with Crippen molar-refractivity contribution < 1.29 is 9.59 Å². The first-order chi connectivity index (χ1) is 15.2. The van der Waals surface area contributed by atoms with Crippen molar-refractivity contribution in [3.8, 4) is 0 Å². The van der Waals surface area contributed by atoms with Gasteiger partial charge in [0.15, 0.2) is 0 Å². The Morgan fingerprint density at radius 2 is 1.45 bits per heavy atom. The number of carbonyl (C=O) groups excluding carboxylic acids is 2. The van der Waals surface area contributed by atoms with E-state index in [9.17, 15) is 9.59 Å². The molecule has 0 bridgehead atoms. The molecule has 2 N–H and O–H groups in total. The van der Waals surface area contributed by atoms with Crippen LogP contribution in [0.4, 0.5) is 0 Å². The van der Waals surface area contributed by atoms with Crippen molar-refractivity contribution in [3.63, 3.8) is 0 Å². The van der Waals surface area contributed by atoms with E-state index in [1.165, 1.54) is 25.7 Å². The summed E-state index contributed by atoms with van der Waals surface area (Å²) in [6, 6.07) is 20.2. The Balaban J connectivity index is 1.65. The lowest BCUT2D eigenvalue weighted by Crippen LogP contribution is -2.49. The minimum Gasteiger partial charge on any atom is -0.369 e. The van der Waals surface area contributed by atoms with Gasteiger partial charge in [0.2, 0.25) is 5.91 Å². The SMILES string of the molecule is NC(=O)C(c1ccccc1)(c1ccccc1)[C@@H]1CCN(CCCCCCCCC=O)C1. The second kappa shape index (κ2) is 11.8. The molecule has 0 aliphatic carbocycles. The first kappa shape index (κ1) is 23.2. The fourth-order valence-corrected chi connectivity index (χ4v) is 5.19. The van der Waals surface area contributed by atoms with Gasteiger partial charge in [-0.2, -0.15) is 0 Å². The maximum absolute atomic E-state index is 13.1. The molecule has 1 aliphatic rings. The molecule has 31 heavy (non-hydrogen) atoms. The Bertz CT molecular complexity index is 767. The molecular formula is C27H36N2O2. The van der Waals surface area contributed by atoms with Gasteiger partial charge in [-0.1, -0.05) is 86.3 Å². The summed E-state index contributed by atoms with van der Waals surface area (Å²) in [5.74, 6) is -0.0924. The Morgan fingerprint density at radius 1 is 0.903 bits per heavy atom. The van der Waals surface area contributed by atoms with Crippen molar-refractivity contribution in [2.75, 3.05) is 19.6 Å². The molecule has 1 heterocycles. The van der Waals surface area contributed by atoms with E-state index in [0.717, 1.165) is 56.3 Å². The summed E-state index contributed by atoms with van der Waals surface area (Å²) in [6.07, 6.45) is 9.70. The van der Waals surface area contributed by atoms with Crippen molar-refractivity contribution in [1.29, 1.82) is 0 Å². The van der Waals surface area contributed by atoms with Crippen LogP contribution in [-0.4, -0.2) is 36.7 Å². The number of nitrogens with zero attached hydrogens (tertiary/aromatic N) is 1. The number of benzene rings is 2. The summed E-state index contributed by atoms with van der Waals surface area (Å²) in [7, 11) is 0. The predicted octanol–water partition coefficient (Wildman–Crippen LogP) is 4.71. The van der Waals surface area contributed by atoms with E-state index in [1.807, 2.05) is 60.7 Å². The Morgan fingerprint density at radius 3 is 2.00 bits per heavy atom. The van der Waals surface area contributed by atoms with Gasteiger partial charge in [-0.15, -0.1) is 0 Å². The molecule has 0 unspecified atom stereocenters. The van der Waals surface area contributed by atoms with E-state index >= 15 is 0 Å². The number of hydrogen-bond acceptors (Lipinski definition) is 3. The molecule has 3 rings (SSSR count). The van der Waals surface area contributed by atoms with Gasteiger partial charge in [-0.25, -0.2) is 0 Å². The van der Waals surface area contributed by atoms with Gasteiger partial charge in [-0.3, -0.25) is 4.79 Å². The van der Waals surface area contributed by atoms with Crippen molar-refractivity contribution in [3.05, 3.63) is 71.8 Å². The first-order valence-corrected chi connectivity index (χ1v) is 11.8. The summed E-state index contributed by atoms with van der Waals surface area (Å²) >= 11 is 0. The number of aldehydes is 1. The molecule has 0 aromatic heterocycles. The van der Waals surface area contributed by atoms with Gasteiger partial charge in [0.05, 0.1) is 0 Å². The summed E-state index contributed by atoms with van der Waals surface area (Å²) in [5.41, 5.74) is 7.37. The van der Waals surface area contributed by atoms with Crippen molar-refractivity contribution in [1.82, 2.24) is 4.90 Å². The van der Waals surface area contributed by atoms with Gasteiger partial charge in [0.1, 0.15) is 11.7 Å². The van der Waals surface area contributed by atoms with Crippen molar-refractivity contribution in [2.24, 2.45) is 11.7 Å². The van der Waals surface area contributed by atoms with Crippen LogP contribution in [0, 0.1) is 5.92 Å². The monoisotopic (exact) mass is 420 g/mol. The zero-order valence-corrected chi connectivity index (χ0v) is 18.5. The summed E-state index contributed by atoms with van der Waals surface area (Å²) < 4.78 is 0. The smallest absolute Gasteiger partial charge is 0.232 e. The fourth-order valence-electron chi connectivity index (χ4n) is 5.19. The van der Waals surface area contributed by atoms with Gasteiger partial charge in [0.25, 0.3) is 0 Å². The molecule has 0 radical (unpaired) electrons. The second-order valence-electron chi connectivity index (χ2n) is 8.77. The number of hydrogen-bond donors (Lipinski definition) is 1. The largest absolute Gasteiger partial charge is 0.369 e. The van der Waals surface area contributed by atoms with E-state index in [1.54, 1.807) is 0 Å². The third-order valence-corrected chi connectivity index (χ3v) is 6.78. The van der Waals surface area contributed by atoms with Crippen LogP contribution in [0.5, 0.6) is 0 Å². The molecule has 1 fully saturated rings. The topological polar surface area (TPSA) is 63.4 Å². The number of nitrogens with two attached hydrogens (primary N) is 1. The highest BCUT2D eigenvalue weighted by atomic mass is 16.1. The molecule has 2 aromatic carbocycles. The van der Waals surface area contributed by atoms with Crippen LogP contribution in [-0.2, 0) is 15.0 Å². The maximum atomic E-state index is 13.1. The van der Waals surface area contributed by atoms with E-state index in [2.05, 4.69) is 4.90 Å². The Hall–Kier alpha value is -2.46. The molecule has 4 heteroatoms. The highest BCUT2D eigenvalue weighted by Gasteiger charge is 2.49. The minimum atomic E-state index is -0.796. The average molecular weight is 421 g/mol. The number of amides is 1. The van der Waals surface area contributed by atoms with Gasteiger partial charge in [0, 0.05) is 13.0 Å². The third-order valence-electron chi connectivity index (χ3n) is 6.78. The van der Waals surface area contributed by atoms with E-state index in [4.69, 9.17) is 5.73 Å². The number of likely N-dealkylation sites (tertiary alicyclic amines) is 1. The molecule has 1 saturated heterocycles. The number of unbranched alkanes of at least 4 members (excludes halogenated alkanes) is 6. The molecule has 0 saturated carbocycles. The van der Waals surface area contributed by atoms with Crippen molar-refractivity contribution in [2.45, 2.75) is 56.8 Å². The van der Waals surface area contributed by atoms with Crippen LogP contribution in [0.25, 0.3) is 0 Å². The standard InChI is InChI=1S/C27H36N2O2/c28-26(31)27(23-14-8-6-9-15-23,24-16-10-7-11-17-24)25-18-20-29(22-25)19-12-4-2-1-3-5-13-21-30/h6-11,14-17,21,25H,1-5,12-13,18-20,22H2,(H2,28,31)/t25-/m1/s1. The molecule has 1 amide bonds. The quantitative estimate of drug-likeness (QED) is 0.377. The van der Waals surface area contributed by atoms with E-state index in [-0.39, 0.29) is 11.8 Å². The summed E-state index contributed by atoms with van der Waals surface area (Å²) in [5, 5.41) is 0. The zero-order valence-electron chi connectivity index (χ0n) is 18.5. The lowest BCUT2D eigenvalue weighted by Gasteiger charge is -2.37. The van der Waals surface area contributed by atoms with Crippen LogP contribution in [0.1, 0.15) is 62.5 Å². The summed E-state index contributed by atoms with van der Waals surface area (Å²) in [4.78, 5) is 26.0. The lowest BCUT2D eigenvalue weighted by molar-refractivity contribution is -0.123. The highest BCUT2D eigenvalue weighted by Crippen LogP contribution is 2.43. The normalized spacial score (nSPS) is 17.0. The third kappa shape index (κ3) is 5.62. The Labute approximate surface area is 186 Å². The van der Waals surface area contributed by atoms with Crippen LogP contribution in [0.3, 0.4) is 0 Å². The van der Waals surface area contributed by atoms with Crippen LogP contribution >= 0.6 is 0 Å². The molecule has 1 atom stereocenters. The number of carbonyl (C=O) groups is 2. The highest BCUT2D eigenvalue weighted by molar-refractivity contribution is 5.91. The van der Waals surface area contributed by atoms with Crippen molar-refractivity contribution >= 4 is 12.2 Å². The van der Waals surface area contributed by atoms with Crippen LogP contribution in [0.15, 0.2) is 60.7 Å². The van der Waals surface area contributed by atoms with Crippen LogP contribution in [0.2, 0.25) is 0 Å². The number of primary amides is 1. The summed E-state index contributed by atoms with van der Waals surface area (Å²) in [6.45, 7) is 2.98. The lowest BCUT2D eigenvalue weighted by atomic mass is 9.64. The first-order valence-electron chi connectivity index (χ1n) is 11.8. The predicted molar refractivity (Wildman–Crippen MR) is 126 cm³/mol. The molecule has 166 valence electrons. The molecule has 4 nitrogen and oxygen atoms in total. The van der Waals surface area contributed by atoms with Crippen LogP contribution < -0.4 is 5.73 Å². The minimum absolute atomic E-state index is 0.165. The molecule has 1 aliphatic heterocycles. The second-order valence-corrected chi connectivity index (χ2v) is 8.77. The van der Waals surface area contributed by atoms with E-state index < -0.39 is 5.41 Å². The fraction of sp³-hybridized carbons (Fsp3) is 0.481. The average Bonchev–Trinajstić information content (AvgIpc) is 3.26. The molecule has 2 aromatic rings. The molecule has 0 spiro atoms.